The summed E-state index contributed by atoms with van der Waals surface area (Å²) in [4.78, 5) is 4.72. The molecule has 0 aliphatic rings. The molecule has 1 unspecified atom stereocenters. The zero-order valence-corrected chi connectivity index (χ0v) is 10.3. The van der Waals surface area contributed by atoms with Crippen LogP contribution >= 0.6 is 11.6 Å². The first-order valence-electron chi connectivity index (χ1n) is 4.78. The van der Waals surface area contributed by atoms with Crippen LogP contribution in [0.2, 0.25) is 5.02 Å². The van der Waals surface area contributed by atoms with Gasteiger partial charge in [0, 0.05) is 6.20 Å². The van der Waals surface area contributed by atoms with Crippen molar-refractivity contribution in [1.82, 2.24) is 4.98 Å². The first kappa shape index (κ1) is 11.3. The lowest BCUT2D eigenvalue weighted by molar-refractivity contribution is 0.680. The number of benzene rings is 1. The fraction of sp³-hybridized carbons (Fsp3) is 0.0833. The third-order valence-corrected chi connectivity index (χ3v) is 4.14. The van der Waals surface area contributed by atoms with Crippen molar-refractivity contribution in [3.8, 4) is 0 Å². The molecule has 0 bridgehead atoms. The molecular formula is C12H10ClNOS. The summed E-state index contributed by atoms with van der Waals surface area (Å²) in [6.07, 6.45) is 1.62. The Hall–Kier alpha value is -1.19. The number of hydrogen-bond acceptors (Lipinski definition) is 2. The summed E-state index contributed by atoms with van der Waals surface area (Å²) in [6.45, 7) is 1.89. The highest BCUT2D eigenvalue weighted by molar-refractivity contribution is 7.85. The number of pyridine rings is 1. The quantitative estimate of drug-likeness (QED) is 0.820. The lowest BCUT2D eigenvalue weighted by Crippen LogP contribution is -1.98. The van der Waals surface area contributed by atoms with Gasteiger partial charge in [0.2, 0.25) is 0 Å². The van der Waals surface area contributed by atoms with Crippen LogP contribution in [0, 0.1) is 6.92 Å². The molecule has 0 N–H and O–H groups in total. The van der Waals surface area contributed by atoms with E-state index in [0.717, 1.165) is 5.56 Å². The fourth-order valence-electron chi connectivity index (χ4n) is 1.41. The van der Waals surface area contributed by atoms with Gasteiger partial charge in [0.1, 0.15) is 15.8 Å². The monoisotopic (exact) mass is 251 g/mol. The Bertz CT molecular complexity index is 508. The van der Waals surface area contributed by atoms with Crippen molar-refractivity contribution in [3.63, 3.8) is 0 Å². The highest BCUT2D eigenvalue weighted by atomic mass is 35.5. The average molecular weight is 252 g/mol. The Balaban J connectivity index is 2.50. The molecule has 0 aliphatic carbocycles. The Kier molecular flexibility index (Phi) is 3.36. The predicted octanol–water partition coefficient (Wildman–Crippen LogP) is 3.21. The molecule has 0 aliphatic heterocycles. The number of aromatic nitrogens is 1. The smallest absolute Gasteiger partial charge is 0.132 e. The molecule has 2 aromatic rings. The van der Waals surface area contributed by atoms with Crippen molar-refractivity contribution in [3.05, 3.63) is 53.2 Å². The number of rotatable bonds is 2. The molecule has 0 saturated heterocycles. The van der Waals surface area contributed by atoms with Crippen molar-refractivity contribution in [1.29, 1.82) is 0 Å². The Labute approximate surface area is 102 Å². The normalized spacial score (nSPS) is 12.4. The molecule has 1 heterocycles. The van der Waals surface area contributed by atoms with Crippen LogP contribution in [0.1, 0.15) is 5.56 Å². The number of halogens is 1. The standard InChI is InChI=1S/C12H10ClNOS/c1-9-5-4-6-10(13)12(9)16(15)11-7-2-3-8-14-11/h2-8H,1H3. The topological polar surface area (TPSA) is 30.0 Å². The molecule has 0 radical (unpaired) electrons. The van der Waals surface area contributed by atoms with Gasteiger partial charge in [-0.05, 0) is 30.7 Å². The lowest BCUT2D eigenvalue weighted by Gasteiger charge is -2.06. The van der Waals surface area contributed by atoms with Crippen LogP contribution in [0.3, 0.4) is 0 Å². The van der Waals surface area contributed by atoms with E-state index in [-0.39, 0.29) is 0 Å². The minimum atomic E-state index is -1.31. The molecule has 2 nitrogen and oxygen atoms in total. The highest BCUT2D eigenvalue weighted by Crippen LogP contribution is 2.26. The highest BCUT2D eigenvalue weighted by Gasteiger charge is 2.14. The zero-order chi connectivity index (χ0) is 11.5. The summed E-state index contributed by atoms with van der Waals surface area (Å²) in [5.74, 6) is 0. The van der Waals surface area contributed by atoms with E-state index in [9.17, 15) is 4.21 Å². The molecule has 0 saturated carbocycles. The average Bonchev–Trinajstić information content (AvgIpc) is 2.30. The fourth-order valence-corrected chi connectivity index (χ4v) is 3.02. The molecule has 2 rings (SSSR count). The molecule has 82 valence electrons. The largest absolute Gasteiger partial charge is 0.247 e. The van der Waals surface area contributed by atoms with Crippen molar-refractivity contribution < 1.29 is 4.21 Å². The molecule has 0 fully saturated rings. The summed E-state index contributed by atoms with van der Waals surface area (Å²) in [6, 6.07) is 10.8. The van der Waals surface area contributed by atoms with Crippen LogP contribution in [0.4, 0.5) is 0 Å². The van der Waals surface area contributed by atoms with E-state index in [1.54, 1.807) is 24.4 Å². The van der Waals surface area contributed by atoms with Gasteiger partial charge in [-0.3, -0.25) is 0 Å². The van der Waals surface area contributed by atoms with Gasteiger partial charge in [-0.2, -0.15) is 0 Å². The molecular weight excluding hydrogens is 242 g/mol. The molecule has 1 aromatic carbocycles. The van der Waals surface area contributed by atoms with Crippen molar-refractivity contribution in [2.45, 2.75) is 16.8 Å². The van der Waals surface area contributed by atoms with Crippen LogP contribution in [0.15, 0.2) is 52.5 Å². The Morgan fingerprint density at radius 1 is 1.19 bits per heavy atom. The number of hydrogen-bond donors (Lipinski definition) is 0. The van der Waals surface area contributed by atoms with E-state index in [4.69, 9.17) is 11.6 Å². The van der Waals surface area contributed by atoms with Crippen LogP contribution in [-0.2, 0) is 10.8 Å². The summed E-state index contributed by atoms with van der Waals surface area (Å²) in [7, 11) is -1.31. The molecule has 1 aromatic heterocycles. The molecule has 16 heavy (non-hydrogen) atoms. The van der Waals surface area contributed by atoms with Crippen molar-refractivity contribution in [2.24, 2.45) is 0 Å². The van der Waals surface area contributed by atoms with Gasteiger partial charge in [-0.1, -0.05) is 29.8 Å². The van der Waals surface area contributed by atoms with Crippen LogP contribution < -0.4 is 0 Å². The Morgan fingerprint density at radius 3 is 2.62 bits per heavy atom. The van der Waals surface area contributed by atoms with Crippen molar-refractivity contribution in [2.75, 3.05) is 0 Å². The minimum Gasteiger partial charge on any atom is -0.247 e. The van der Waals surface area contributed by atoms with Crippen LogP contribution in [-0.4, -0.2) is 9.19 Å². The van der Waals surface area contributed by atoms with Gasteiger partial charge < -0.3 is 0 Å². The molecule has 1 atom stereocenters. The maximum atomic E-state index is 12.3. The second-order valence-electron chi connectivity index (χ2n) is 3.32. The minimum absolute atomic E-state index is 0.518. The van der Waals surface area contributed by atoms with E-state index in [2.05, 4.69) is 4.98 Å². The summed E-state index contributed by atoms with van der Waals surface area (Å²) >= 11 is 6.05. The van der Waals surface area contributed by atoms with E-state index in [1.165, 1.54) is 0 Å². The summed E-state index contributed by atoms with van der Waals surface area (Å²) in [5.41, 5.74) is 0.913. The predicted molar refractivity (Wildman–Crippen MR) is 65.1 cm³/mol. The third-order valence-electron chi connectivity index (χ3n) is 2.18. The lowest BCUT2D eigenvalue weighted by atomic mass is 10.2. The van der Waals surface area contributed by atoms with Gasteiger partial charge in [0.25, 0.3) is 0 Å². The van der Waals surface area contributed by atoms with Crippen LogP contribution in [0.5, 0.6) is 0 Å². The first-order chi connectivity index (χ1) is 7.70. The van der Waals surface area contributed by atoms with Gasteiger partial charge in [0.15, 0.2) is 0 Å². The molecule has 0 spiro atoms. The third kappa shape index (κ3) is 2.15. The second kappa shape index (κ2) is 4.76. The van der Waals surface area contributed by atoms with E-state index < -0.39 is 10.8 Å². The molecule has 0 amide bonds. The number of aryl methyl sites for hydroxylation is 1. The van der Waals surface area contributed by atoms with E-state index in [1.807, 2.05) is 25.1 Å². The molecule has 4 heteroatoms. The van der Waals surface area contributed by atoms with Gasteiger partial charge in [-0.15, -0.1) is 0 Å². The van der Waals surface area contributed by atoms with E-state index in [0.29, 0.717) is 14.9 Å². The zero-order valence-electron chi connectivity index (χ0n) is 8.68. The number of nitrogens with zero attached hydrogens (tertiary/aromatic N) is 1. The van der Waals surface area contributed by atoms with Gasteiger partial charge >= 0.3 is 0 Å². The Morgan fingerprint density at radius 2 is 2.00 bits per heavy atom. The summed E-state index contributed by atoms with van der Waals surface area (Å²) in [5, 5.41) is 1.04. The first-order valence-corrected chi connectivity index (χ1v) is 6.31. The van der Waals surface area contributed by atoms with Crippen molar-refractivity contribution >= 4 is 22.4 Å². The maximum Gasteiger partial charge on any atom is 0.132 e. The van der Waals surface area contributed by atoms with E-state index >= 15 is 0 Å². The van der Waals surface area contributed by atoms with Gasteiger partial charge in [0.05, 0.1) is 9.92 Å². The SMILES string of the molecule is Cc1cccc(Cl)c1S(=O)c1ccccn1. The summed E-state index contributed by atoms with van der Waals surface area (Å²) < 4.78 is 12.3. The van der Waals surface area contributed by atoms with Crippen LogP contribution in [0.25, 0.3) is 0 Å². The second-order valence-corrected chi connectivity index (χ2v) is 5.09. The van der Waals surface area contributed by atoms with Gasteiger partial charge in [-0.25, -0.2) is 9.19 Å². The maximum absolute atomic E-state index is 12.3.